The van der Waals surface area contributed by atoms with Crippen LogP contribution in [0.5, 0.6) is 0 Å². The molecule has 1 aromatic rings. The Bertz CT molecular complexity index is 463. The summed E-state index contributed by atoms with van der Waals surface area (Å²) in [7, 11) is 0. The first-order valence-electron chi connectivity index (χ1n) is 5.85. The highest BCUT2D eigenvalue weighted by Gasteiger charge is 2.24. The van der Waals surface area contributed by atoms with Gasteiger partial charge in [-0.05, 0) is 18.6 Å². The number of benzene rings is 1. The molecule has 0 saturated carbocycles. The van der Waals surface area contributed by atoms with E-state index in [0.717, 1.165) is 0 Å². The Balaban J connectivity index is 2.85. The second-order valence-corrected chi connectivity index (χ2v) is 4.15. The largest absolute Gasteiger partial charge is 0.466 e. The Morgan fingerprint density at radius 2 is 1.84 bits per heavy atom. The van der Waals surface area contributed by atoms with E-state index in [1.807, 2.05) is 0 Å². The van der Waals surface area contributed by atoms with Gasteiger partial charge < -0.3 is 9.84 Å². The summed E-state index contributed by atoms with van der Waals surface area (Å²) in [5.74, 6) is -4.96. The van der Waals surface area contributed by atoms with Crippen molar-refractivity contribution >= 4 is 5.97 Å². The van der Waals surface area contributed by atoms with Gasteiger partial charge in [-0.2, -0.15) is 0 Å². The van der Waals surface area contributed by atoms with E-state index in [0.29, 0.717) is 12.1 Å². The normalized spacial score (nSPS) is 14.0. The molecule has 0 amide bonds. The predicted molar refractivity (Wildman–Crippen MR) is 62.0 cm³/mol. The third-order valence-corrected chi connectivity index (χ3v) is 2.79. The minimum absolute atomic E-state index is 0.166. The highest BCUT2D eigenvalue weighted by atomic mass is 19.2. The standard InChI is InChI=1S/C13H15F3O3/c1-3-19-13(18)6-12(17)7(2)8-4-10(15)11(16)5-9(8)14/h4-5,7,12,17H,3,6H2,1-2H3/t7-,12-/m1/s1. The number of aliphatic hydroxyl groups is 1. The van der Waals surface area contributed by atoms with Gasteiger partial charge in [-0.1, -0.05) is 6.92 Å². The molecule has 0 aliphatic carbocycles. The number of carbonyl (C=O) groups excluding carboxylic acids is 1. The van der Waals surface area contributed by atoms with Crippen LogP contribution in [0.15, 0.2) is 12.1 Å². The Morgan fingerprint density at radius 3 is 2.42 bits per heavy atom. The van der Waals surface area contributed by atoms with Gasteiger partial charge >= 0.3 is 5.97 Å². The van der Waals surface area contributed by atoms with Crippen molar-refractivity contribution in [1.82, 2.24) is 0 Å². The van der Waals surface area contributed by atoms with Crippen LogP contribution in [-0.2, 0) is 9.53 Å². The molecule has 0 radical (unpaired) electrons. The molecule has 6 heteroatoms. The molecule has 0 fully saturated rings. The summed E-state index contributed by atoms with van der Waals surface area (Å²) in [4.78, 5) is 11.2. The van der Waals surface area contributed by atoms with Crippen LogP contribution in [0, 0.1) is 17.5 Å². The van der Waals surface area contributed by atoms with E-state index in [1.54, 1.807) is 6.92 Å². The molecule has 19 heavy (non-hydrogen) atoms. The predicted octanol–water partition coefficient (Wildman–Crippen LogP) is 2.52. The zero-order chi connectivity index (χ0) is 14.6. The molecule has 1 rings (SSSR count). The van der Waals surface area contributed by atoms with Crippen molar-refractivity contribution < 1.29 is 27.8 Å². The fourth-order valence-electron chi connectivity index (χ4n) is 1.66. The van der Waals surface area contributed by atoms with Crippen LogP contribution < -0.4 is 0 Å². The van der Waals surface area contributed by atoms with E-state index in [4.69, 9.17) is 0 Å². The number of rotatable bonds is 5. The summed E-state index contributed by atoms with van der Waals surface area (Å²) < 4.78 is 44.0. The fraction of sp³-hybridized carbons (Fsp3) is 0.462. The van der Waals surface area contributed by atoms with E-state index >= 15 is 0 Å². The molecule has 0 aliphatic rings. The number of ether oxygens (including phenoxy) is 1. The first-order chi connectivity index (χ1) is 8.86. The maximum absolute atomic E-state index is 13.5. The highest BCUT2D eigenvalue weighted by Crippen LogP contribution is 2.26. The smallest absolute Gasteiger partial charge is 0.308 e. The monoisotopic (exact) mass is 276 g/mol. The summed E-state index contributed by atoms with van der Waals surface area (Å²) in [5.41, 5.74) is -0.185. The average molecular weight is 276 g/mol. The van der Waals surface area contributed by atoms with Crippen LogP contribution in [0.3, 0.4) is 0 Å². The van der Waals surface area contributed by atoms with E-state index in [1.165, 1.54) is 6.92 Å². The lowest BCUT2D eigenvalue weighted by atomic mass is 9.93. The van der Waals surface area contributed by atoms with Crippen molar-refractivity contribution in [2.24, 2.45) is 0 Å². The van der Waals surface area contributed by atoms with E-state index in [2.05, 4.69) is 4.74 Å². The Kier molecular flexibility index (Phi) is 5.35. The first-order valence-corrected chi connectivity index (χ1v) is 5.85. The summed E-state index contributed by atoms with van der Waals surface area (Å²) in [6.07, 6.45) is -1.58. The SMILES string of the molecule is CCOC(=O)C[C@@H](O)[C@H](C)c1cc(F)c(F)cc1F. The summed E-state index contributed by atoms with van der Waals surface area (Å²) in [6, 6.07) is 1.10. The number of halogens is 3. The van der Waals surface area contributed by atoms with Crippen LogP contribution in [0.1, 0.15) is 31.7 Å². The molecule has 2 atom stereocenters. The quantitative estimate of drug-likeness (QED) is 0.664. The van der Waals surface area contributed by atoms with Gasteiger partial charge in [-0.3, -0.25) is 4.79 Å². The summed E-state index contributed by atoms with van der Waals surface area (Å²) in [5, 5.41) is 9.77. The van der Waals surface area contributed by atoms with Crippen molar-refractivity contribution in [2.45, 2.75) is 32.3 Å². The minimum Gasteiger partial charge on any atom is -0.466 e. The maximum Gasteiger partial charge on any atom is 0.308 e. The summed E-state index contributed by atoms with van der Waals surface area (Å²) >= 11 is 0. The van der Waals surface area contributed by atoms with Gasteiger partial charge in [-0.15, -0.1) is 0 Å². The topological polar surface area (TPSA) is 46.5 Å². The van der Waals surface area contributed by atoms with Gasteiger partial charge in [0.1, 0.15) is 5.82 Å². The van der Waals surface area contributed by atoms with Gasteiger partial charge in [0.05, 0.1) is 19.1 Å². The number of hydrogen-bond donors (Lipinski definition) is 1. The molecular formula is C13H15F3O3. The molecule has 1 aromatic carbocycles. The van der Waals surface area contributed by atoms with Crippen LogP contribution in [0.2, 0.25) is 0 Å². The van der Waals surface area contributed by atoms with Gasteiger partial charge in [0, 0.05) is 12.0 Å². The maximum atomic E-state index is 13.5. The molecule has 0 spiro atoms. The zero-order valence-corrected chi connectivity index (χ0v) is 10.6. The van der Waals surface area contributed by atoms with Crippen LogP contribution >= 0.6 is 0 Å². The lowest BCUT2D eigenvalue weighted by Gasteiger charge is -2.19. The molecule has 0 unspecified atom stereocenters. The van der Waals surface area contributed by atoms with Crippen molar-refractivity contribution in [3.05, 3.63) is 35.1 Å². The number of aliphatic hydroxyl groups excluding tert-OH is 1. The first kappa shape index (κ1) is 15.5. The highest BCUT2D eigenvalue weighted by molar-refractivity contribution is 5.70. The van der Waals surface area contributed by atoms with Gasteiger partial charge in [-0.25, -0.2) is 13.2 Å². The van der Waals surface area contributed by atoms with E-state index in [-0.39, 0.29) is 18.6 Å². The van der Waals surface area contributed by atoms with Crippen molar-refractivity contribution in [3.8, 4) is 0 Å². The third kappa shape index (κ3) is 3.96. The molecule has 0 saturated heterocycles. The lowest BCUT2D eigenvalue weighted by Crippen LogP contribution is -2.22. The van der Waals surface area contributed by atoms with Gasteiger partial charge in [0.15, 0.2) is 11.6 Å². The Labute approximate surface area is 109 Å². The van der Waals surface area contributed by atoms with Crippen LogP contribution in [-0.4, -0.2) is 23.8 Å². The molecule has 0 heterocycles. The number of esters is 1. The third-order valence-electron chi connectivity index (χ3n) is 2.79. The zero-order valence-electron chi connectivity index (χ0n) is 10.6. The second kappa shape index (κ2) is 6.56. The lowest BCUT2D eigenvalue weighted by molar-refractivity contribution is -0.145. The molecular weight excluding hydrogens is 261 g/mol. The van der Waals surface area contributed by atoms with Gasteiger partial charge in [0.2, 0.25) is 0 Å². The van der Waals surface area contributed by atoms with Crippen LogP contribution in [0.25, 0.3) is 0 Å². The molecule has 1 N–H and O–H groups in total. The van der Waals surface area contributed by atoms with Crippen molar-refractivity contribution in [3.63, 3.8) is 0 Å². The fourth-order valence-corrected chi connectivity index (χ4v) is 1.66. The Hall–Kier alpha value is -1.56. The molecule has 3 nitrogen and oxygen atoms in total. The molecule has 0 bridgehead atoms. The van der Waals surface area contributed by atoms with E-state index in [9.17, 15) is 23.1 Å². The van der Waals surface area contributed by atoms with Crippen molar-refractivity contribution in [1.29, 1.82) is 0 Å². The van der Waals surface area contributed by atoms with Crippen molar-refractivity contribution in [2.75, 3.05) is 6.61 Å². The number of carbonyl (C=O) groups is 1. The average Bonchev–Trinajstić information content (AvgIpc) is 2.33. The Morgan fingerprint density at radius 1 is 1.26 bits per heavy atom. The van der Waals surface area contributed by atoms with E-state index < -0.39 is 35.4 Å². The molecule has 106 valence electrons. The van der Waals surface area contributed by atoms with Gasteiger partial charge in [0.25, 0.3) is 0 Å². The second-order valence-electron chi connectivity index (χ2n) is 4.15. The molecule has 0 aromatic heterocycles. The summed E-state index contributed by atoms with van der Waals surface area (Å²) in [6.45, 7) is 3.20. The molecule has 0 aliphatic heterocycles. The van der Waals surface area contributed by atoms with Crippen LogP contribution in [0.4, 0.5) is 13.2 Å². The number of hydrogen-bond acceptors (Lipinski definition) is 3. The minimum atomic E-state index is -1.30.